The second-order valence-electron chi connectivity index (χ2n) is 9.05. The van der Waals surface area contributed by atoms with E-state index in [1.54, 1.807) is 28.4 Å². The highest BCUT2D eigenvalue weighted by atomic mass is 16.5. The SMILES string of the molecule is CCCCc1ccc(N2N=C(C=Cc3cc(OC)cc(OC)c3)CC2c2cc(OC)cc(OC)c2)cc1. The molecule has 0 bridgehead atoms. The van der Waals surface area contributed by atoms with Crippen molar-refractivity contribution in [2.24, 2.45) is 5.10 Å². The second-order valence-corrected chi connectivity index (χ2v) is 9.05. The summed E-state index contributed by atoms with van der Waals surface area (Å²) in [6, 6.07) is 20.6. The standard InChI is InChI=1S/C31H36N2O4/c1-6-7-8-22-10-13-26(14-11-22)33-31(24-17-29(36-4)21-30(18-24)37-5)19-25(32-33)12-9-23-15-27(34-2)20-28(16-23)35-3/h9-18,20-21,31H,6-8,19H2,1-5H3. The first-order valence-corrected chi connectivity index (χ1v) is 12.7. The monoisotopic (exact) mass is 500 g/mol. The lowest BCUT2D eigenvalue weighted by molar-refractivity contribution is 0.392. The lowest BCUT2D eigenvalue weighted by Gasteiger charge is -2.25. The number of methoxy groups -OCH3 is 4. The Labute approximate surface area is 220 Å². The smallest absolute Gasteiger partial charge is 0.123 e. The molecule has 1 unspecified atom stereocenters. The Bertz CT molecular complexity index is 1210. The Hall–Kier alpha value is -3.93. The molecule has 1 heterocycles. The molecule has 0 spiro atoms. The minimum atomic E-state index is 0.00462. The Morgan fingerprint density at radius 1 is 0.784 bits per heavy atom. The van der Waals surface area contributed by atoms with Gasteiger partial charge in [-0.1, -0.05) is 31.6 Å². The number of benzene rings is 3. The molecule has 0 N–H and O–H groups in total. The zero-order chi connectivity index (χ0) is 26.2. The molecule has 0 radical (unpaired) electrons. The van der Waals surface area contributed by atoms with Crippen LogP contribution in [0, 0.1) is 0 Å². The van der Waals surface area contributed by atoms with Gasteiger partial charge in [-0.2, -0.15) is 5.10 Å². The molecule has 194 valence electrons. The summed E-state index contributed by atoms with van der Waals surface area (Å²) >= 11 is 0. The first-order chi connectivity index (χ1) is 18.1. The Morgan fingerprint density at radius 3 is 1.89 bits per heavy atom. The highest BCUT2D eigenvalue weighted by molar-refractivity contribution is 6.01. The van der Waals surface area contributed by atoms with Crippen molar-refractivity contribution in [2.75, 3.05) is 33.4 Å². The predicted molar refractivity (Wildman–Crippen MR) is 150 cm³/mol. The topological polar surface area (TPSA) is 52.5 Å². The van der Waals surface area contributed by atoms with Gasteiger partial charge in [0.2, 0.25) is 0 Å². The fraction of sp³-hybridized carbons (Fsp3) is 0.323. The van der Waals surface area contributed by atoms with Gasteiger partial charge >= 0.3 is 0 Å². The van der Waals surface area contributed by atoms with Crippen molar-refractivity contribution in [3.8, 4) is 23.0 Å². The molecule has 1 aliphatic heterocycles. The normalized spacial score (nSPS) is 15.1. The van der Waals surface area contributed by atoms with Gasteiger partial charge in [-0.25, -0.2) is 0 Å². The summed E-state index contributed by atoms with van der Waals surface area (Å²) in [5.74, 6) is 3.02. The lowest BCUT2D eigenvalue weighted by Crippen LogP contribution is -2.18. The van der Waals surface area contributed by atoms with Crippen LogP contribution >= 0.6 is 0 Å². The number of aryl methyl sites for hydroxylation is 1. The molecule has 6 nitrogen and oxygen atoms in total. The molecule has 1 atom stereocenters. The minimum absolute atomic E-state index is 0.00462. The van der Waals surface area contributed by atoms with Crippen LogP contribution in [0.2, 0.25) is 0 Å². The number of hydrogen-bond donors (Lipinski definition) is 0. The van der Waals surface area contributed by atoms with Gasteiger partial charge < -0.3 is 18.9 Å². The van der Waals surface area contributed by atoms with E-state index in [9.17, 15) is 0 Å². The van der Waals surface area contributed by atoms with E-state index >= 15 is 0 Å². The van der Waals surface area contributed by atoms with Crippen LogP contribution in [0.3, 0.4) is 0 Å². The van der Waals surface area contributed by atoms with Crippen LogP contribution < -0.4 is 24.0 Å². The number of ether oxygens (including phenoxy) is 4. The summed E-state index contributed by atoms with van der Waals surface area (Å²) in [5.41, 5.74) is 5.45. The van der Waals surface area contributed by atoms with Crippen molar-refractivity contribution in [1.29, 1.82) is 0 Å². The fourth-order valence-electron chi connectivity index (χ4n) is 4.47. The zero-order valence-corrected chi connectivity index (χ0v) is 22.4. The molecule has 1 aliphatic rings. The average molecular weight is 501 g/mol. The van der Waals surface area contributed by atoms with Crippen LogP contribution in [0.1, 0.15) is 48.9 Å². The number of unbranched alkanes of at least 4 members (excludes halogenated alkanes) is 1. The summed E-state index contributed by atoms with van der Waals surface area (Å²) in [4.78, 5) is 0. The maximum atomic E-state index is 5.55. The number of rotatable bonds is 11. The molecule has 3 aromatic rings. The maximum absolute atomic E-state index is 5.55. The van der Waals surface area contributed by atoms with Crippen molar-refractivity contribution in [3.05, 3.63) is 83.4 Å². The molecule has 0 saturated heterocycles. The molecule has 37 heavy (non-hydrogen) atoms. The quantitative estimate of drug-likeness (QED) is 0.281. The van der Waals surface area contributed by atoms with E-state index in [0.29, 0.717) is 0 Å². The van der Waals surface area contributed by atoms with E-state index in [4.69, 9.17) is 24.0 Å². The maximum Gasteiger partial charge on any atom is 0.123 e. The van der Waals surface area contributed by atoms with Gasteiger partial charge in [0.1, 0.15) is 23.0 Å². The van der Waals surface area contributed by atoms with E-state index < -0.39 is 0 Å². The number of hydrazone groups is 1. The Kier molecular flexibility index (Phi) is 8.72. The third-order valence-corrected chi connectivity index (χ3v) is 6.55. The van der Waals surface area contributed by atoms with Crippen LogP contribution in [0.5, 0.6) is 23.0 Å². The molecule has 0 aromatic heterocycles. The molecule has 0 amide bonds. The lowest BCUT2D eigenvalue weighted by atomic mass is 9.99. The van der Waals surface area contributed by atoms with E-state index in [1.165, 1.54) is 18.4 Å². The van der Waals surface area contributed by atoms with Crippen molar-refractivity contribution >= 4 is 17.5 Å². The number of allylic oxidation sites excluding steroid dienone is 1. The minimum Gasteiger partial charge on any atom is -0.497 e. The van der Waals surface area contributed by atoms with Gasteiger partial charge in [-0.05, 0) is 72.0 Å². The predicted octanol–water partition coefficient (Wildman–Crippen LogP) is 7.08. The third-order valence-electron chi connectivity index (χ3n) is 6.55. The molecule has 0 fully saturated rings. The molecular weight excluding hydrogens is 464 g/mol. The number of hydrogen-bond acceptors (Lipinski definition) is 6. The fourth-order valence-corrected chi connectivity index (χ4v) is 4.47. The zero-order valence-electron chi connectivity index (χ0n) is 22.4. The van der Waals surface area contributed by atoms with E-state index in [-0.39, 0.29) is 6.04 Å². The van der Waals surface area contributed by atoms with E-state index in [0.717, 1.165) is 58.4 Å². The summed E-state index contributed by atoms with van der Waals surface area (Å²) in [5, 5.41) is 7.14. The Balaban J connectivity index is 1.67. The molecule has 4 rings (SSSR count). The molecule has 3 aromatic carbocycles. The average Bonchev–Trinajstić information content (AvgIpc) is 3.39. The summed E-state index contributed by atoms with van der Waals surface area (Å²) in [6.07, 6.45) is 8.32. The van der Waals surface area contributed by atoms with Gasteiger partial charge in [0, 0.05) is 18.6 Å². The molecule has 0 aliphatic carbocycles. The van der Waals surface area contributed by atoms with Gasteiger partial charge in [-0.15, -0.1) is 0 Å². The van der Waals surface area contributed by atoms with Crippen LogP contribution in [0.4, 0.5) is 5.69 Å². The van der Waals surface area contributed by atoms with Crippen molar-refractivity contribution in [2.45, 2.75) is 38.6 Å². The van der Waals surface area contributed by atoms with Gasteiger partial charge in [0.15, 0.2) is 0 Å². The van der Waals surface area contributed by atoms with E-state index in [1.807, 2.05) is 30.3 Å². The van der Waals surface area contributed by atoms with Crippen LogP contribution in [0.15, 0.2) is 71.8 Å². The molecular formula is C31H36N2O4. The van der Waals surface area contributed by atoms with Gasteiger partial charge in [-0.3, -0.25) is 5.01 Å². The van der Waals surface area contributed by atoms with E-state index in [2.05, 4.69) is 54.4 Å². The summed E-state index contributed by atoms with van der Waals surface area (Å²) < 4.78 is 21.9. The van der Waals surface area contributed by atoms with Crippen LogP contribution in [0.25, 0.3) is 6.08 Å². The first kappa shape index (κ1) is 26.1. The summed E-state index contributed by atoms with van der Waals surface area (Å²) in [7, 11) is 6.66. The summed E-state index contributed by atoms with van der Waals surface area (Å²) in [6.45, 7) is 2.22. The van der Waals surface area contributed by atoms with Gasteiger partial charge in [0.25, 0.3) is 0 Å². The van der Waals surface area contributed by atoms with Crippen LogP contribution in [-0.4, -0.2) is 34.2 Å². The molecule has 0 saturated carbocycles. The molecule has 6 heteroatoms. The third kappa shape index (κ3) is 6.45. The Morgan fingerprint density at radius 2 is 1.35 bits per heavy atom. The van der Waals surface area contributed by atoms with Crippen molar-refractivity contribution in [1.82, 2.24) is 0 Å². The van der Waals surface area contributed by atoms with Crippen molar-refractivity contribution < 1.29 is 18.9 Å². The number of anilines is 1. The highest BCUT2D eigenvalue weighted by Gasteiger charge is 2.29. The van der Waals surface area contributed by atoms with Crippen LogP contribution in [-0.2, 0) is 6.42 Å². The second kappa shape index (κ2) is 12.3. The first-order valence-electron chi connectivity index (χ1n) is 12.7. The van der Waals surface area contributed by atoms with Crippen molar-refractivity contribution in [3.63, 3.8) is 0 Å². The van der Waals surface area contributed by atoms with Gasteiger partial charge in [0.05, 0.1) is 45.9 Å². The highest BCUT2D eigenvalue weighted by Crippen LogP contribution is 2.38. The largest absolute Gasteiger partial charge is 0.497 e. The number of nitrogens with zero attached hydrogens (tertiary/aromatic N) is 2.